The fraction of sp³-hybridized carbons (Fsp3) is 0.556. The number of carbonyl (C=O) groups is 1. The molecular weight excluding hydrogens is 288 g/mol. The number of anilines is 1. The van der Waals surface area contributed by atoms with Crippen LogP contribution in [0.1, 0.15) is 51.0 Å². The summed E-state index contributed by atoms with van der Waals surface area (Å²) in [5, 5.41) is 6.46. The molecule has 2 aromatic rings. The standard InChI is InChI=1S/C18H24N4O/c23-17(12-13-6-5-11-19-13)21-18-20-15-9-3-4-10-16(15)22(18)14-7-1-2-8-14/h3-4,9-10,13-14,19H,1-2,5-8,11-12H2,(H,20,21,23). The molecule has 2 heterocycles. The van der Waals surface area contributed by atoms with Crippen molar-refractivity contribution in [1.82, 2.24) is 14.9 Å². The summed E-state index contributed by atoms with van der Waals surface area (Å²) in [4.78, 5) is 17.1. The highest BCUT2D eigenvalue weighted by Crippen LogP contribution is 2.35. The second-order valence-corrected chi connectivity index (χ2v) is 6.78. The zero-order chi connectivity index (χ0) is 15.6. The zero-order valence-corrected chi connectivity index (χ0v) is 13.4. The molecule has 1 aromatic heterocycles. The number of nitrogens with zero attached hydrogens (tertiary/aromatic N) is 2. The number of aromatic nitrogens is 2. The summed E-state index contributed by atoms with van der Waals surface area (Å²) in [7, 11) is 0. The Labute approximate surface area is 136 Å². The predicted molar refractivity (Wildman–Crippen MR) is 91.5 cm³/mol. The molecule has 1 aromatic carbocycles. The van der Waals surface area contributed by atoms with Crippen LogP contribution in [0.5, 0.6) is 0 Å². The minimum Gasteiger partial charge on any atom is -0.313 e. The van der Waals surface area contributed by atoms with E-state index in [9.17, 15) is 4.79 Å². The Morgan fingerprint density at radius 2 is 2.04 bits per heavy atom. The lowest BCUT2D eigenvalue weighted by Gasteiger charge is -2.17. The molecule has 1 saturated carbocycles. The van der Waals surface area contributed by atoms with Crippen molar-refractivity contribution in [3.8, 4) is 0 Å². The highest BCUT2D eigenvalue weighted by molar-refractivity contribution is 5.92. The number of nitrogens with one attached hydrogen (secondary N) is 2. The molecule has 1 amide bonds. The van der Waals surface area contributed by atoms with Gasteiger partial charge in [0.25, 0.3) is 0 Å². The highest BCUT2D eigenvalue weighted by Gasteiger charge is 2.24. The van der Waals surface area contributed by atoms with E-state index in [1.54, 1.807) is 0 Å². The maximum atomic E-state index is 12.4. The molecular formula is C18H24N4O. The van der Waals surface area contributed by atoms with E-state index in [-0.39, 0.29) is 5.91 Å². The first-order valence-electron chi connectivity index (χ1n) is 8.81. The first-order valence-corrected chi connectivity index (χ1v) is 8.81. The van der Waals surface area contributed by atoms with Gasteiger partial charge in [0.05, 0.1) is 11.0 Å². The van der Waals surface area contributed by atoms with Gasteiger partial charge in [-0.3, -0.25) is 10.1 Å². The summed E-state index contributed by atoms with van der Waals surface area (Å²) < 4.78 is 2.25. The van der Waals surface area contributed by atoms with Gasteiger partial charge in [0.2, 0.25) is 11.9 Å². The molecule has 2 aliphatic rings. The van der Waals surface area contributed by atoms with Crippen LogP contribution < -0.4 is 10.6 Å². The van der Waals surface area contributed by atoms with Crippen molar-refractivity contribution < 1.29 is 4.79 Å². The topological polar surface area (TPSA) is 59.0 Å². The minimum atomic E-state index is 0.0685. The second kappa shape index (κ2) is 6.32. The van der Waals surface area contributed by atoms with Crippen LogP contribution in [0.15, 0.2) is 24.3 Å². The normalized spacial score (nSPS) is 22.0. The third-order valence-corrected chi connectivity index (χ3v) is 5.13. The molecule has 1 atom stereocenters. The monoisotopic (exact) mass is 312 g/mol. The molecule has 1 aliphatic carbocycles. The van der Waals surface area contributed by atoms with Crippen LogP contribution in [-0.2, 0) is 4.79 Å². The van der Waals surface area contributed by atoms with E-state index >= 15 is 0 Å². The van der Waals surface area contributed by atoms with Crippen molar-refractivity contribution in [3.05, 3.63) is 24.3 Å². The number of fused-ring (bicyclic) bond motifs is 1. The van der Waals surface area contributed by atoms with E-state index in [0.717, 1.165) is 29.9 Å². The van der Waals surface area contributed by atoms with E-state index in [2.05, 4.69) is 26.3 Å². The molecule has 2 N–H and O–H groups in total. The molecule has 2 fully saturated rings. The van der Waals surface area contributed by atoms with Crippen molar-refractivity contribution in [1.29, 1.82) is 0 Å². The van der Waals surface area contributed by atoms with Gasteiger partial charge in [0.1, 0.15) is 0 Å². The van der Waals surface area contributed by atoms with Gasteiger partial charge in [0.15, 0.2) is 0 Å². The molecule has 0 radical (unpaired) electrons. The Morgan fingerprint density at radius 3 is 2.83 bits per heavy atom. The Kier molecular flexibility index (Phi) is 4.04. The molecule has 1 unspecified atom stereocenters. The number of carbonyl (C=O) groups excluding carboxylic acids is 1. The van der Waals surface area contributed by atoms with Crippen LogP contribution in [0, 0.1) is 0 Å². The van der Waals surface area contributed by atoms with Crippen molar-refractivity contribution >= 4 is 22.9 Å². The summed E-state index contributed by atoms with van der Waals surface area (Å²) in [5.74, 6) is 0.792. The molecule has 0 bridgehead atoms. The van der Waals surface area contributed by atoms with Crippen molar-refractivity contribution in [2.75, 3.05) is 11.9 Å². The van der Waals surface area contributed by atoms with Crippen LogP contribution >= 0.6 is 0 Å². The lowest BCUT2D eigenvalue weighted by atomic mass is 10.1. The number of hydrogen-bond donors (Lipinski definition) is 2. The molecule has 5 heteroatoms. The largest absolute Gasteiger partial charge is 0.313 e. The van der Waals surface area contributed by atoms with Crippen molar-refractivity contribution in [3.63, 3.8) is 0 Å². The predicted octanol–water partition coefficient (Wildman–Crippen LogP) is 3.23. The maximum absolute atomic E-state index is 12.4. The number of amides is 1. The Hall–Kier alpha value is -1.88. The van der Waals surface area contributed by atoms with Gasteiger partial charge in [-0.05, 0) is 44.4 Å². The number of para-hydroxylation sites is 2. The van der Waals surface area contributed by atoms with Gasteiger partial charge in [-0.2, -0.15) is 0 Å². The van der Waals surface area contributed by atoms with Crippen LogP contribution in [0.4, 0.5) is 5.95 Å². The third kappa shape index (κ3) is 2.98. The molecule has 1 saturated heterocycles. The van der Waals surface area contributed by atoms with Crippen LogP contribution in [0.25, 0.3) is 11.0 Å². The summed E-state index contributed by atoms with van der Waals surface area (Å²) in [5.41, 5.74) is 2.10. The third-order valence-electron chi connectivity index (χ3n) is 5.13. The SMILES string of the molecule is O=C(CC1CCCN1)Nc1nc2ccccc2n1C1CCCC1. The Bertz CT molecular complexity index is 696. The molecule has 4 rings (SSSR count). The molecule has 122 valence electrons. The van der Waals surface area contributed by atoms with Gasteiger partial charge in [-0.25, -0.2) is 4.98 Å². The summed E-state index contributed by atoms with van der Waals surface area (Å²) in [6.07, 6.45) is 7.66. The number of imidazole rings is 1. The minimum absolute atomic E-state index is 0.0685. The highest BCUT2D eigenvalue weighted by atomic mass is 16.1. The lowest BCUT2D eigenvalue weighted by molar-refractivity contribution is -0.116. The van der Waals surface area contributed by atoms with E-state index in [1.807, 2.05) is 18.2 Å². The lowest BCUT2D eigenvalue weighted by Crippen LogP contribution is -2.28. The van der Waals surface area contributed by atoms with E-state index in [4.69, 9.17) is 0 Å². The Morgan fingerprint density at radius 1 is 1.22 bits per heavy atom. The van der Waals surface area contributed by atoms with Gasteiger partial charge in [0, 0.05) is 18.5 Å². The summed E-state index contributed by atoms with van der Waals surface area (Å²) in [6, 6.07) is 8.96. The quantitative estimate of drug-likeness (QED) is 0.911. The van der Waals surface area contributed by atoms with Gasteiger partial charge in [-0.15, -0.1) is 0 Å². The average molecular weight is 312 g/mol. The number of hydrogen-bond acceptors (Lipinski definition) is 3. The fourth-order valence-electron chi connectivity index (χ4n) is 4.00. The summed E-state index contributed by atoms with van der Waals surface area (Å²) in [6.45, 7) is 1.03. The van der Waals surface area contributed by atoms with Crippen LogP contribution in [0.3, 0.4) is 0 Å². The Balaban J connectivity index is 1.60. The second-order valence-electron chi connectivity index (χ2n) is 6.78. The molecule has 1 aliphatic heterocycles. The van der Waals surface area contributed by atoms with E-state index in [0.29, 0.717) is 18.5 Å². The molecule has 0 spiro atoms. The van der Waals surface area contributed by atoms with Gasteiger partial charge >= 0.3 is 0 Å². The smallest absolute Gasteiger partial charge is 0.228 e. The maximum Gasteiger partial charge on any atom is 0.228 e. The van der Waals surface area contributed by atoms with Crippen molar-refractivity contribution in [2.24, 2.45) is 0 Å². The fourth-order valence-corrected chi connectivity index (χ4v) is 4.00. The van der Waals surface area contributed by atoms with E-state index in [1.165, 1.54) is 32.1 Å². The molecule has 23 heavy (non-hydrogen) atoms. The van der Waals surface area contributed by atoms with Crippen LogP contribution in [0.2, 0.25) is 0 Å². The average Bonchev–Trinajstić information content (AvgIpc) is 3.26. The van der Waals surface area contributed by atoms with Crippen LogP contribution in [-0.4, -0.2) is 28.0 Å². The van der Waals surface area contributed by atoms with Crippen molar-refractivity contribution in [2.45, 2.75) is 57.0 Å². The van der Waals surface area contributed by atoms with Gasteiger partial charge in [-0.1, -0.05) is 25.0 Å². The first kappa shape index (κ1) is 14.7. The first-order chi connectivity index (χ1) is 11.3. The number of rotatable bonds is 4. The zero-order valence-electron chi connectivity index (χ0n) is 13.4. The van der Waals surface area contributed by atoms with Gasteiger partial charge < -0.3 is 9.88 Å². The summed E-state index contributed by atoms with van der Waals surface area (Å²) >= 11 is 0. The number of benzene rings is 1. The molecule has 5 nitrogen and oxygen atoms in total. The van der Waals surface area contributed by atoms with E-state index < -0.39 is 0 Å².